The molecule has 0 aromatic rings. The van der Waals surface area contributed by atoms with Gasteiger partial charge < -0.3 is 0 Å². The van der Waals surface area contributed by atoms with Crippen LogP contribution in [0.25, 0.3) is 0 Å². The van der Waals surface area contributed by atoms with Crippen molar-refractivity contribution in [1.82, 2.24) is 0 Å². The van der Waals surface area contributed by atoms with Crippen molar-refractivity contribution in [3.8, 4) is 0 Å². The van der Waals surface area contributed by atoms with Crippen LogP contribution < -0.4 is 0 Å². The zero-order chi connectivity index (χ0) is 18.8. The van der Waals surface area contributed by atoms with Crippen molar-refractivity contribution in [3.05, 3.63) is 45.4 Å². The third-order valence-corrected chi connectivity index (χ3v) is 1.32. The van der Waals surface area contributed by atoms with Gasteiger partial charge in [-0.05, 0) is 0 Å². The highest BCUT2D eigenvalue weighted by Gasteiger charge is 2.29. The van der Waals surface area contributed by atoms with Crippen LogP contribution in [0.3, 0.4) is 0 Å². The molecule has 0 nitrogen and oxygen atoms in total. The van der Waals surface area contributed by atoms with E-state index in [2.05, 4.69) is 6.58 Å². The summed E-state index contributed by atoms with van der Waals surface area (Å²) in [5.41, 5.74) is 4.95. The molecular weight excluding hydrogens is 447 g/mol. The van der Waals surface area contributed by atoms with Gasteiger partial charge in [0.1, 0.15) is 0 Å². The van der Waals surface area contributed by atoms with E-state index < -0.39 is 24.5 Å². The van der Waals surface area contributed by atoms with E-state index in [0.29, 0.717) is 0 Å². The van der Waals surface area contributed by atoms with Crippen LogP contribution in [0.2, 0.25) is 0 Å². The van der Waals surface area contributed by atoms with E-state index in [-0.39, 0.29) is 4.49 Å². The highest BCUT2D eigenvalue weighted by molar-refractivity contribution is 6.55. The molecule has 0 radical (unpaired) electrons. The Morgan fingerprint density at radius 2 is 0.773 bits per heavy atom. The predicted octanol–water partition coefficient (Wildman–Crippen LogP) is 8.47. The maximum atomic E-state index is 11.0. The Balaban J connectivity index is -0.000000112. The molecule has 0 aromatic carbocycles. The minimum Gasteiger partial charge on any atom is -0.167 e. The maximum absolute atomic E-state index is 11.0. The maximum Gasteiger partial charge on any atom is 0.409 e. The minimum absolute atomic E-state index is 0.111. The van der Waals surface area contributed by atoms with Gasteiger partial charge in [0.15, 0.2) is 0 Å². The lowest BCUT2D eigenvalue weighted by Crippen LogP contribution is -2.07. The second kappa shape index (κ2) is 19.3. The summed E-state index contributed by atoms with van der Waals surface area (Å²) in [7, 11) is 0. The number of rotatable bonds is 0. The van der Waals surface area contributed by atoms with Gasteiger partial charge in [0.25, 0.3) is 0 Å². The van der Waals surface area contributed by atoms with E-state index in [1.165, 1.54) is 22.1 Å². The zero-order valence-corrected chi connectivity index (χ0v) is 14.7. The summed E-state index contributed by atoms with van der Waals surface area (Å²) in [6.45, 7) is 3.09. The third-order valence-electron chi connectivity index (χ3n) is 0.557. The molecule has 0 unspecified atom stereocenters. The summed E-state index contributed by atoms with van der Waals surface area (Å²) in [5.74, 6) is 0. The van der Waals surface area contributed by atoms with Crippen molar-refractivity contribution in [2.24, 2.45) is 0 Å². The van der Waals surface area contributed by atoms with Crippen LogP contribution in [0.4, 0.5) is 26.3 Å². The van der Waals surface area contributed by atoms with Gasteiger partial charge in [-0.15, -0.1) is 0 Å². The predicted molar refractivity (Wildman–Crippen MR) is 83.8 cm³/mol. The monoisotopic (exact) mass is 452 g/mol. The molecule has 0 bridgehead atoms. The smallest absolute Gasteiger partial charge is 0.167 e. The number of hydrogen-bond acceptors (Lipinski definition) is 0. The van der Waals surface area contributed by atoms with Crippen LogP contribution in [0.5, 0.6) is 0 Å². The van der Waals surface area contributed by atoms with Gasteiger partial charge in [0.2, 0.25) is 0 Å². The van der Waals surface area contributed by atoms with E-state index in [1.807, 2.05) is 0 Å². The summed E-state index contributed by atoms with van der Waals surface area (Å²) in [5, 5.41) is 0. The van der Waals surface area contributed by atoms with Gasteiger partial charge in [-0.1, -0.05) is 76.2 Å². The summed E-state index contributed by atoms with van der Waals surface area (Å²) in [6.07, 6.45) is -11.5. The quantitative estimate of drug-likeness (QED) is 0.254. The Hall–Kier alpha value is 0.280. The lowest BCUT2D eigenvalue weighted by molar-refractivity contribution is -0.0981. The second-order valence-corrected chi connectivity index (χ2v) is 4.37. The molecule has 132 valence electrons. The fourth-order valence-electron chi connectivity index (χ4n) is 0.189. The van der Waals surface area contributed by atoms with E-state index in [1.54, 1.807) is 0 Å². The van der Waals surface area contributed by atoms with Crippen LogP contribution in [-0.4, -0.2) is 12.4 Å². The Kier molecular flexibility index (Phi) is 26.5. The highest BCUT2D eigenvalue weighted by atomic mass is 35.5. The van der Waals surface area contributed by atoms with Crippen LogP contribution in [0.1, 0.15) is 0 Å². The number of halogens is 12. The van der Waals surface area contributed by atoms with E-state index >= 15 is 0 Å². The summed E-state index contributed by atoms with van der Waals surface area (Å²) in [6, 6.07) is 0. The molecule has 0 aromatic heterocycles. The van der Waals surface area contributed by atoms with E-state index in [9.17, 15) is 26.3 Å². The molecule has 0 aliphatic heterocycles. The number of allylic oxidation sites excluding steroid dienone is 2. The molecule has 0 fully saturated rings. The van der Waals surface area contributed by atoms with Crippen molar-refractivity contribution in [2.45, 2.75) is 12.4 Å². The molecule has 0 spiro atoms. The van der Waals surface area contributed by atoms with Gasteiger partial charge in [0.05, 0.1) is 4.49 Å². The van der Waals surface area contributed by atoms with Crippen molar-refractivity contribution < 1.29 is 26.3 Å². The Morgan fingerprint density at radius 3 is 0.818 bits per heavy atom. The SMILES string of the molecule is C=C(Cl)Cl.Cl/C=C\Cl.ClC=CCl.FC(F)(F)/C=C\C(F)(F)F. The lowest BCUT2D eigenvalue weighted by Gasteiger charge is -1.99. The summed E-state index contributed by atoms with van der Waals surface area (Å²) >= 11 is 29.2. The molecular formula is C10H8Cl6F6. The lowest BCUT2D eigenvalue weighted by atomic mass is 10.5. The van der Waals surface area contributed by atoms with Gasteiger partial charge in [-0.2, -0.15) is 26.3 Å². The molecule has 0 atom stereocenters. The van der Waals surface area contributed by atoms with Crippen molar-refractivity contribution in [1.29, 1.82) is 0 Å². The molecule has 0 N–H and O–H groups in total. The fourth-order valence-corrected chi connectivity index (χ4v) is 0.189. The summed E-state index contributed by atoms with van der Waals surface area (Å²) in [4.78, 5) is 0. The van der Waals surface area contributed by atoms with Gasteiger partial charge >= 0.3 is 12.4 Å². The van der Waals surface area contributed by atoms with Crippen LogP contribution in [0, 0.1) is 0 Å². The largest absolute Gasteiger partial charge is 0.409 e. The van der Waals surface area contributed by atoms with E-state index in [4.69, 9.17) is 69.6 Å². The first-order valence-electron chi connectivity index (χ1n) is 4.32. The van der Waals surface area contributed by atoms with E-state index in [0.717, 1.165) is 0 Å². The molecule has 22 heavy (non-hydrogen) atoms. The van der Waals surface area contributed by atoms with Crippen LogP contribution in [-0.2, 0) is 0 Å². The van der Waals surface area contributed by atoms with Gasteiger partial charge in [0, 0.05) is 34.3 Å². The minimum atomic E-state index is -4.89. The topological polar surface area (TPSA) is 0 Å². The average Bonchev–Trinajstić information content (AvgIpc) is 2.35. The third kappa shape index (κ3) is 87.5. The molecule has 0 saturated heterocycles. The molecule has 0 rings (SSSR count). The zero-order valence-electron chi connectivity index (χ0n) is 10.2. The molecule has 12 heteroatoms. The normalized spacial score (nSPS) is 11.3. The number of alkyl halides is 6. The van der Waals surface area contributed by atoms with Crippen LogP contribution in [0.15, 0.2) is 45.4 Å². The average molecular weight is 455 g/mol. The molecule has 0 heterocycles. The second-order valence-electron chi connectivity index (χ2n) is 2.26. The first-order chi connectivity index (χ1) is 9.77. The first-order valence-corrected chi connectivity index (χ1v) is 6.82. The van der Waals surface area contributed by atoms with Crippen molar-refractivity contribution in [3.63, 3.8) is 0 Å². The Bertz CT molecular complexity index is 294. The highest BCUT2D eigenvalue weighted by Crippen LogP contribution is 2.22. The van der Waals surface area contributed by atoms with Gasteiger partial charge in [-0.25, -0.2) is 0 Å². The van der Waals surface area contributed by atoms with Crippen molar-refractivity contribution in [2.75, 3.05) is 0 Å². The standard InChI is InChI=1S/C4H2F6.3C2H2Cl2/c5-3(6,7)1-2-4(8,9)10;1-2(3)4;2*3-1-2-4/h1-2H;1H2;2*1-2H/b2-1-;;2-1-;. The Labute approximate surface area is 153 Å². The summed E-state index contributed by atoms with van der Waals surface area (Å²) < 4.78 is 66.1. The van der Waals surface area contributed by atoms with Crippen LogP contribution >= 0.6 is 69.6 Å². The fraction of sp³-hybridized carbons (Fsp3) is 0.200. The van der Waals surface area contributed by atoms with Crippen molar-refractivity contribution >= 4 is 69.6 Å². The molecule has 0 amide bonds. The molecule has 0 saturated carbocycles. The Morgan fingerprint density at radius 1 is 0.636 bits per heavy atom. The first kappa shape index (κ1) is 30.2. The molecule has 0 aliphatic rings. The molecule has 0 aliphatic carbocycles. The van der Waals surface area contributed by atoms with Gasteiger partial charge in [-0.3, -0.25) is 0 Å². The number of hydrogen-bond donors (Lipinski definition) is 0.